The Bertz CT molecular complexity index is 1330. The first kappa shape index (κ1) is 23.3. The molecule has 0 aliphatic heterocycles. The van der Waals surface area contributed by atoms with Gasteiger partial charge in [0.05, 0.1) is 18.2 Å². The number of hydrazone groups is 1. The molecular weight excluding hydrogens is 452 g/mol. The van der Waals surface area contributed by atoms with Crippen molar-refractivity contribution in [2.24, 2.45) is 5.10 Å². The zero-order valence-corrected chi connectivity index (χ0v) is 19.3. The lowest BCUT2D eigenvalue weighted by Crippen LogP contribution is -2.18. The van der Waals surface area contributed by atoms with Crippen molar-refractivity contribution in [2.45, 2.75) is 23.6 Å². The van der Waals surface area contributed by atoms with Gasteiger partial charge >= 0.3 is 10.1 Å². The van der Waals surface area contributed by atoms with E-state index in [1.54, 1.807) is 30.3 Å². The summed E-state index contributed by atoms with van der Waals surface area (Å²) in [6, 6.07) is 17.1. The van der Waals surface area contributed by atoms with Crippen LogP contribution in [-0.4, -0.2) is 30.2 Å². The Morgan fingerprint density at radius 3 is 1.94 bits per heavy atom. The molecular formula is C22H22N2O6S2. The van der Waals surface area contributed by atoms with Crippen LogP contribution in [-0.2, 0) is 20.1 Å². The summed E-state index contributed by atoms with van der Waals surface area (Å²) in [5.41, 5.74) is 2.02. The SMILES string of the molecule is COc1cccc(/C=N\NS(=O)(=O)c2ccc(C)cc2)c1OS(=O)(=O)c1ccc(C)cc1. The number of nitrogens with one attached hydrogen (secondary N) is 1. The summed E-state index contributed by atoms with van der Waals surface area (Å²) in [5, 5.41) is 3.77. The molecule has 0 saturated carbocycles. The van der Waals surface area contributed by atoms with Crippen LogP contribution in [0.3, 0.4) is 0 Å². The second-order valence-corrected chi connectivity index (χ2v) is 10.1. The average molecular weight is 475 g/mol. The lowest BCUT2D eigenvalue weighted by molar-refractivity contribution is 0.390. The highest BCUT2D eigenvalue weighted by atomic mass is 32.2. The van der Waals surface area contributed by atoms with Crippen molar-refractivity contribution in [3.8, 4) is 11.5 Å². The van der Waals surface area contributed by atoms with E-state index in [1.165, 1.54) is 43.5 Å². The van der Waals surface area contributed by atoms with E-state index in [1.807, 2.05) is 13.8 Å². The Balaban J connectivity index is 1.89. The smallest absolute Gasteiger partial charge is 0.339 e. The Labute approximate surface area is 187 Å². The van der Waals surface area contributed by atoms with Crippen molar-refractivity contribution in [1.29, 1.82) is 0 Å². The highest BCUT2D eigenvalue weighted by molar-refractivity contribution is 7.89. The van der Waals surface area contributed by atoms with Crippen molar-refractivity contribution in [1.82, 2.24) is 4.83 Å². The first-order valence-electron chi connectivity index (χ1n) is 9.42. The van der Waals surface area contributed by atoms with Gasteiger partial charge in [0.25, 0.3) is 10.0 Å². The zero-order chi connectivity index (χ0) is 23.4. The molecule has 0 fully saturated rings. The molecule has 0 spiro atoms. The minimum absolute atomic E-state index is 0.0306. The van der Waals surface area contributed by atoms with E-state index >= 15 is 0 Å². The number of rotatable bonds is 8. The van der Waals surface area contributed by atoms with Gasteiger partial charge in [-0.1, -0.05) is 41.5 Å². The molecule has 0 aromatic heterocycles. The van der Waals surface area contributed by atoms with E-state index in [0.29, 0.717) is 0 Å². The maximum atomic E-state index is 12.7. The number of sulfonamides is 1. The van der Waals surface area contributed by atoms with Gasteiger partial charge in [-0.05, 0) is 50.2 Å². The van der Waals surface area contributed by atoms with Crippen LogP contribution < -0.4 is 13.8 Å². The third kappa shape index (κ3) is 5.45. The topological polar surface area (TPSA) is 111 Å². The van der Waals surface area contributed by atoms with Gasteiger partial charge in [0.1, 0.15) is 4.90 Å². The monoisotopic (exact) mass is 474 g/mol. The highest BCUT2D eigenvalue weighted by Gasteiger charge is 2.21. The minimum atomic E-state index is -4.17. The molecule has 0 radical (unpaired) electrons. The van der Waals surface area contributed by atoms with Crippen molar-refractivity contribution >= 4 is 26.4 Å². The van der Waals surface area contributed by atoms with Crippen LogP contribution in [0.4, 0.5) is 0 Å². The second kappa shape index (κ2) is 9.41. The molecule has 10 heteroatoms. The first-order valence-corrected chi connectivity index (χ1v) is 12.3. The van der Waals surface area contributed by atoms with Gasteiger partial charge in [0.15, 0.2) is 11.5 Å². The van der Waals surface area contributed by atoms with E-state index in [9.17, 15) is 16.8 Å². The molecule has 0 atom stereocenters. The van der Waals surface area contributed by atoms with Gasteiger partial charge in [-0.15, -0.1) is 0 Å². The lowest BCUT2D eigenvalue weighted by Gasteiger charge is -2.13. The minimum Gasteiger partial charge on any atom is -0.493 e. The summed E-state index contributed by atoms with van der Waals surface area (Å²) in [4.78, 5) is 2.12. The van der Waals surface area contributed by atoms with Gasteiger partial charge < -0.3 is 8.92 Å². The largest absolute Gasteiger partial charge is 0.493 e. The summed E-state index contributed by atoms with van der Waals surface area (Å²) >= 11 is 0. The number of benzene rings is 3. The van der Waals surface area contributed by atoms with Gasteiger partial charge in [-0.3, -0.25) is 0 Å². The molecule has 3 aromatic rings. The fourth-order valence-corrected chi connectivity index (χ4v) is 4.44. The van der Waals surface area contributed by atoms with Crippen molar-refractivity contribution in [2.75, 3.05) is 7.11 Å². The number of nitrogens with zero attached hydrogens (tertiary/aromatic N) is 1. The second-order valence-electron chi connectivity index (χ2n) is 6.90. The van der Waals surface area contributed by atoms with E-state index < -0.39 is 20.1 Å². The normalized spacial score (nSPS) is 12.0. The summed E-state index contributed by atoms with van der Waals surface area (Å²) in [6.07, 6.45) is 1.15. The zero-order valence-electron chi connectivity index (χ0n) is 17.6. The summed E-state index contributed by atoms with van der Waals surface area (Å²) in [7, 11) is -6.70. The van der Waals surface area contributed by atoms with Crippen LogP contribution in [0.15, 0.2) is 81.6 Å². The van der Waals surface area contributed by atoms with Crippen molar-refractivity contribution in [3.63, 3.8) is 0 Å². The van der Waals surface area contributed by atoms with Gasteiger partial charge in [-0.25, -0.2) is 4.83 Å². The van der Waals surface area contributed by atoms with Crippen LogP contribution in [0.5, 0.6) is 11.5 Å². The predicted octanol–water partition coefficient (Wildman–Crippen LogP) is 3.39. The van der Waals surface area contributed by atoms with Crippen molar-refractivity contribution in [3.05, 3.63) is 83.4 Å². The standard InChI is InChI=1S/C22H22N2O6S2/c1-16-7-11-19(12-8-16)31(25,26)24-23-15-18-5-4-6-21(29-3)22(18)30-32(27,28)20-13-9-17(2)10-14-20/h4-15,24H,1-3H3/b23-15-. The fourth-order valence-electron chi connectivity index (χ4n) is 2.68. The van der Waals surface area contributed by atoms with Gasteiger partial charge in [-0.2, -0.15) is 21.9 Å². The number of hydrogen-bond acceptors (Lipinski definition) is 7. The fraction of sp³-hybridized carbons (Fsp3) is 0.136. The van der Waals surface area contributed by atoms with E-state index in [0.717, 1.165) is 17.3 Å². The number of aryl methyl sites for hydroxylation is 2. The quantitative estimate of drug-likeness (QED) is 0.304. The number of ether oxygens (including phenoxy) is 1. The molecule has 0 bridgehead atoms. The highest BCUT2D eigenvalue weighted by Crippen LogP contribution is 2.32. The summed E-state index contributed by atoms with van der Waals surface area (Å²) in [5.74, 6) is 0.0277. The van der Waals surface area contributed by atoms with Gasteiger partial charge in [0.2, 0.25) is 0 Å². The van der Waals surface area contributed by atoms with Gasteiger partial charge in [0, 0.05) is 5.56 Å². The molecule has 8 nitrogen and oxygen atoms in total. The molecule has 0 heterocycles. The predicted molar refractivity (Wildman–Crippen MR) is 121 cm³/mol. The Hall–Kier alpha value is -3.37. The summed E-state index contributed by atoms with van der Waals surface area (Å²) in [6.45, 7) is 3.68. The molecule has 0 unspecified atom stereocenters. The van der Waals surface area contributed by atoms with Crippen LogP contribution >= 0.6 is 0 Å². The Morgan fingerprint density at radius 1 is 0.812 bits per heavy atom. The maximum absolute atomic E-state index is 12.7. The van der Waals surface area contributed by atoms with E-state index in [2.05, 4.69) is 9.93 Å². The Kier molecular flexibility index (Phi) is 6.85. The lowest BCUT2D eigenvalue weighted by atomic mass is 10.2. The first-order chi connectivity index (χ1) is 15.1. The molecule has 32 heavy (non-hydrogen) atoms. The molecule has 0 saturated heterocycles. The molecule has 3 rings (SSSR count). The third-order valence-corrected chi connectivity index (χ3v) is 6.91. The van der Waals surface area contributed by atoms with E-state index in [4.69, 9.17) is 8.92 Å². The van der Waals surface area contributed by atoms with Crippen LogP contribution in [0.25, 0.3) is 0 Å². The molecule has 1 N–H and O–H groups in total. The average Bonchev–Trinajstić information content (AvgIpc) is 2.75. The molecule has 168 valence electrons. The van der Waals surface area contributed by atoms with Crippen LogP contribution in [0.2, 0.25) is 0 Å². The van der Waals surface area contributed by atoms with Crippen LogP contribution in [0, 0.1) is 13.8 Å². The third-order valence-electron chi connectivity index (χ3n) is 4.44. The maximum Gasteiger partial charge on any atom is 0.339 e. The number of hydrogen-bond donors (Lipinski definition) is 1. The molecule has 0 amide bonds. The Morgan fingerprint density at radius 2 is 1.38 bits per heavy atom. The summed E-state index contributed by atoms with van der Waals surface area (Å²) < 4.78 is 60.9. The van der Waals surface area contributed by atoms with E-state index in [-0.39, 0.29) is 26.9 Å². The van der Waals surface area contributed by atoms with Crippen molar-refractivity contribution < 1.29 is 25.8 Å². The van der Waals surface area contributed by atoms with Crippen LogP contribution in [0.1, 0.15) is 16.7 Å². The molecule has 3 aromatic carbocycles. The molecule has 0 aliphatic rings. The molecule has 0 aliphatic carbocycles. The number of para-hydroxylation sites is 1. The number of methoxy groups -OCH3 is 1.